The number of rotatable bonds is 5. The maximum Gasteiger partial charge on any atom is 0.335 e. The van der Waals surface area contributed by atoms with E-state index >= 15 is 0 Å². The fourth-order valence-electron chi connectivity index (χ4n) is 7.46. The van der Waals surface area contributed by atoms with Gasteiger partial charge in [-0.15, -0.1) is 0 Å². The van der Waals surface area contributed by atoms with E-state index in [0.717, 1.165) is 11.1 Å². The van der Waals surface area contributed by atoms with E-state index in [-0.39, 0.29) is 22.3 Å². The molecule has 1 spiro atoms. The Bertz CT molecular complexity index is 1290. The number of carbonyl (C=O) groups excluding carboxylic acids is 4. The molecule has 8 heteroatoms. The molecule has 0 N–H and O–H groups in total. The van der Waals surface area contributed by atoms with Crippen molar-refractivity contribution in [1.82, 2.24) is 0 Å². The molecule has 4 bridgehead atoms. The van der Waals surface area contributed by atoms with E-state index in [1.807, 2.05) is 43.3 Å². The van der Waals surface area contributed by atoms with Gasteiger partial charge in [0, 0.05) is 16.7 Å². The van der Waals surface area contributed by atoms with Crippen molar-refractivity contribution in [2.75, 3.05) is 28.4 Å². The molecular formula is C27H26O8. The van der Waals surface area contributed by atoms with E-state index in [0.29, 0.717) is 12.8 Å². The molecule has 0 aromatic heterocycles. The van der Waals surface area contributed by atoms with Crippen molar-refractivity contribution in [1.29, 1.82) is 0 Å². The number of allylic oxidation sites excluding steroid dienone is 2. The molecule has 5 rings (SSSR count). The van der Waals surface area contributed by atoms with Crippen molar-refractivity contribution >= 4 is 23.9 Å². The Labute approximate surface area is 202 Å². The number of fused-ring (bicyclic) bond motifs is 4. The van der Waals surface area contributed by atoms with E-state index in [1.165, 1.54) is 28.4 Å². The van der Waals surface area contributed by atoms with Gasteiger partial charge in [0.25, 0.3) is 0 Å². The zero-order valence-electron chi connectivity index (χ0n) is 20.2. The molecule has 0 saturated heterocycles. The summed E-state index contributed by atoms with van der Waals surface area (Å²) in [6.45, 7) is 1.86. The van der Waals surface area contributed by atoms with Gasteiger partial charge in [0.2, 0.25) is 0 Å². The van der Waals surface area contributed by atoms with Crippen molar-refractivity contribution in [2.45, 2.75) is 25.2 Å². The lowest BCUT2D eigenvalue weighted by atomic mass is 9.55. The average molecular weight is 478 g/mol. The summed E-state index contributed by atoms with van der Waals surface area (Å²) in [6, 6.07) is 9.40. The molecule has 4 aliphatic carbocycles. The van der Waals surface area contributed by atoms with Crippen LogP contribution in [-0.4, -0.2) is 52.3 Å². The Morgan fingerprint density at radius 2 is 1.31 bits per heavy atom. The van der Waals surface area contributed by atoms with Crippen LogP contribution >= 0.6 is 0 Å². The average Bonchev–Trinajstić information content (AvgIpc) is 3.58. The molecule has 1 fully saturated rings. The number of ether oxygens (including phenoxy) is 4. The first kappa shape index (κ1) is 23.1. The van der Waals surface area contributed by atoms with Crippen molar-refractivity contribution < 1.29 is 38.1 Å². The van der Waals surface area contributed by atoms with Gasteiger partial charge in [-0.3, -0.25) is 0 Å². The minimum absolute atomic E-state index is 0.168. The van der Waals surface area contributed by atoms with Gasteiger partial charge in [-0.2, -0.15) is 0 Å². The third kappa shape index (κ3) is 2.42. The SMILES string of the molecule is COC(=O)C1=C(C(=O)OC)[C@@]23C[C@@H]1C=C2[C@@]1(c2ccccc2)C[C@]3(C)C(C(=O)OC)=C1C(=O)OC. The van der Waals surface area contributed by atoms with E-state index in [9.17, 15) is 19.2 Å². The molecule has 4 aliphatic rings. The van der Waals surface area contributed by atoms with E-state index < -0.39 is 46.0 Å². The van der Waals surface area contributed by atoms with Crippen LogP contribution in [-0.2, 0) is 43.5 Å². The van der Waals surface area contributed by atoms with Crippen molar-refractivity contribution in [3.63, 3.8) is 0 Å². The summed E-state index contributed by atoms with van der Waals surface area (Å²) in [5, 5.41) is 0. The Hall–Kier alpha value is -3.68. The highest BCUT2D eigenvalue weighted by Crippen LogP contribution is 2.82. The molecule has 182 valence electrons. The molecule has 1 aromatic rings. The van der Waals surface area contributed by atoms with Crippen LogP contribution < -0.4 is 0 Å². The lowest BCUT2D eigenvalue weighted by Crippen LogP contribution is -2.46. The first-order valence-corrected chi connectivity index (χ1v) is 11.3. The van der Waals surface area contributed by atoms with Crippen molar-refractivity contribution in [3.05, 3.63) is 69.8 Å². The summed E-state index contributed by atoms with van der Waals surface area (Å²) < 4.78 is 20.6. The number of esters is 4. The zero-order chi connectivity index (χ0) is 25.3. The van der Waals surface area contributed by atoms with Gasteiger partial charge in [-0.25, -0.2) is 19.2 Å². The summed E-state index contributed by atoms with van der Waals surface area (Å²) in [6.07, 6.45) is 2.68. The number of hydrogen-bond donors (Lipinski definition) is 0. The number of methoxy groups -OCH3 is 4. The first-order valence-electron chi connectivity index (χ1n) is 11.3. The third-order valence-corrected chi connectivity index (χ3v) is 8.51. The fourth-order valence-corrected chi connectivity index (χ4v) is 7.46. The Morgan fingerprint density at radius 3 is 1.89 bits per heavy atom. The molecule has 8 nitrogen and oxygen atoms in total. The smallest absolute Gasteiger partial charge is 0.335 e. The second-order valence-electron chi connectivity index (χ2n) is 9.58. The van der Waals surface area contributed by atoms with Crippen LogP contribution in [0.5, 0.6) is 0 Å². The minimum atomic E-state index is -1.06. The molecule has 35 heavy (non-hydrogen) atoms. The lowest BCUT2D eigenvalue weighted by Gasteiger charge is -2.46. The highest BCUT2D eigenvalue weighted by atomic mass is 16.5. The van der Waals surface area contributed by atoms with Gasteiger partial charge in [-0.05, 0) is 24.0 Å². The third-order valence-electron chi connectivity index (χ3n) is 8.51. The van der Waals surface area contributed by atoms with Gasteiger partial charge < -0.3 is 18.9 Å². The van der Waals surface area contributed by atoms with Gasteiger partial charge in [0.1, 0.15) is 0 Å². The van der Waals surface area contributed by atoms with E-state index in [4.69, 9.17) is 18.9 Å². The molecule has 4 atom stereocenters. The number of carbonyl (C=O) groups is 4. The topological polar surface area (TPSA) is 105 Å². The largest absolute Gasteiger partial charge is 0.466 e. The summed E-state index contributed by atoms with van der Waals surface area (Å²) in [5.74, 6) is -2.99. The molecule has 1 aromatic carbocycles. The molecule has 0 heterocycles. The summed E-state index contributed by atoms with van der Waals surface area (Å²) in [7, 11) is 5.06. The van der Waals surface area contributed by atoms with Crippen molar-refractivity contribution in [2.24, 2.45) is 16.7 Å². The van der Waals surface area contributed by atoms with Gasteiger partial charge >= 0.3 is 23.9 Å². The molecule has 1 saturated carbocycles. The maximum atomic E-state index is 13.4. The highest BCUT2D eigenvalue weighted by Gasteiger charge is 2.80. The van der Waals surface area contributed by atoms with Crippen molar-refractivity contribution in [3.8, 4) is 0 Å². The second kappa shape index (κ2) is 7.41. The molecule has 0 unspecified atom stereocenters. The van der Waals surface area contributed by atoms with Crippen LogP contribution in [0.1, 0.15) is 25.3 Å². The fraction of sp³-hybridized carbons (Fsp3) is 0.407. The van der Waals surface area contributed by atoms with Crippen LogP contribution in [0.15, 0.2) is 64.3 Å². The number of benzene rings is 1. The summed E-state index contributed by atoms with van der Waals surface area (Å²) in [5.41, 5.74) is -0.721. The van der Waals surface area contributed by atoms with E-state index in [2.05, 4.69) is 0 Å². The first-order chi connectivity index (χ1) is 16.7. The quantitative estimate of drug-likeness (QED) is 0.361. The summed E-state index contributed by atoms with van der Waals surface area (Å²) in [4.78, 5) is 52.9. The molecular weight excluding hydrogens is 452 g/mol. The molecule has 0 amide bonds. The van der Waals surface area contributed by atoms with Crippen LogP contribution in [0.2, 0.25) is 0 Å². The van der Waals surface area contributed by atoms with Crippen LogP contribution in [0, 0.1) is 16.7 Å². The Morgan fingerprint density at radius 1 is 0.771 bits per heavy atom. The minimum Gasteiger partial charge on any atom is -0.466 e. The predicted molar refractivity (Wildman–Crippen MR) is 122 cm³/mol. The number of hydrogen-bond acceptors (Lipinski definition) is 8. The summed E-state index contributed by atoms with van der Waals surface area (Å²) >= 11 is 0. The highest BCUT2D eigenvalue weighted by molar-refractivity contribution is 6.11. The van der Waals surface area contributed by atoms with Crippen LogP contribution in [0.4, 0.5) is 0 Å². The normalized spacial score (nSPS) is 31.8. The van der Waals surface area contributed by atoms with Gasteiger partial charge in [-0.1, -0.05) is 43.3 Å². The van der Waals surface area contributed by atoms with Gasteiger partial charge in [0.15, 0.2) is 0 Å². The monoisotopic (exact) mass is 478 g/mol. The van der Waals surface area contributed by atoms with Crippen LogP contribution in [0.25, 0.3) is 0 Å². The van der Waals surface area contributed by atoms with E-state index in [1.54, 1.807) is 0 Å². The predicted octanol–water partition coefficient (Wildman–Crippen LogP) is 2.58. The molecule has 0 radical (unpaired) electrons. The van der Waals surface area contributed by atoms with Crippen LogP contribution in [0.3, 0.4) is 0 Å². The Balaban J connectivity index is 1.93. The molecule has 0 aliphatic heterocycles. The lowest BCUT2D eigenvalue weighted by molar-refractivity contribution is -0.142. The second-order valence-corrected chi connectivity index (χ2v) is 9.58. The zero-order valence-corrected chi connectivity index (χ0v) is 20.2. The Kier molecular flexibility index (Phi) is 4.88. The standard InChI is InChI=1S/C27H26O8/c1-25-13-26(15-9-7-6-8-10-15,20(24(31)35-5)19(25)23(30)34-4)16-11-14-12-27(16,25)18(22(29)33-3)17(14)21(28)32-2/h6-11,14H,12-13H2,1-5H3/t14-,25+,26-,27+/m0/s1. The maximum absolute atomic E-state index is 13.4. The van der Waals surface area contributed by atoms with Gasteiger partial charge in [0.05, 0.1) is 56.1 Å².